The minimum atomic E-state index is 0.552. The van der Waals surface area contributed by atoms with Crippen LogP contribution in [0.3, 0.4) is 0 Å². The van der Waals surface area contributed by atoms with Gasteiger partial charge in [-0.25, -0.2) is 0 Å². The number of benzene rings is 1. The first-order chi connectivity index (χ1) is 7.09. The lowest BCUT2D eigenvalue weighted by atomic mass is 9.96. The summed E-state index contributed by atoms with van der Waals surface area (Å²) in [7, 11) is 0. The van der Waals surface area contributed by atoms with E-state index in [0.29, 0.717) is 5.92 Å². The summed E-state index contributed by atoms with van der Waals surface area (Å²) in [5.41, 5.74) is 5.13. The van der Waals surface area contributed by atoms with E-state index in [2.05, 4.69) is 50.9 Å². The quantitative estimate of drug-likeness (QED) is 0.677. The zero-order valence-corrected chi connectivity index (χ0v) is 9.83. The Morgan fingerprint density at radius 2 is 1.87 bits per heavy atom. The Bertz CT molecular complexity index is 498. The lowest BCUT2D eigenvalue weighted by molar-refractivity contribution is 0.874. The predicted molar refractivity (Wildman–Crippen MR) is 65.3 cm³/mol. The van der Waals surface area contributed by atoms with E-state index in [9.17, 15) is 0 Å². The summed E-state index contributed by atoms with van der Waals surface area (Å²) < 4.78 is 0. The van der Waals surface area contributed by atoms with Gasteiger partial charge in [0.25, 0.3) is 0 Å². The second-order valence-corrected chi connectivity index (χ2v) is 4.53. The van der Waals surface area contributed by atoms with Gasteiger partial charge in [-0.05, 0) is 43.0 Å². The fourth-order valence-electron chi connectivity index (χ4n) is 2.14. The van der Waals surface area contributed by atoms with Crippen molar-refractivity contribution < 1.29 is 0 Å². The third kappa shape index (κ3) is 1.74. The molecule has 15 heavy (non-hydrogen) atoms. The highest BCUT2D eigenvalue weighted by Gasteiger charge is 2.07. The largest absolute Gasteiger partial charge is 0.256 e. The van der Waals surface area contributed by atoms with E-state index < -0.39 is 0 Å². The SMILES string of the molecule is Cc1cc(C)c2nccc(C(C)C)c2c1. The molecule has 0 fully saturated rings. The van der Waals surface area contributed by atoms with Gasteiger partial charge in [-0.3, -0.25) is 4.98 Å². The standard InChI is InChI=1S/C14H17N/c1-9(2)12-5-6-15-14-11(4)7-10(3)8-13(12)14/h5-9H,1-4H3. The van der Waals surface area contributed by atoms with Crippen molar-refractivity contribution in [2.75, 3.05) is 0 Å². The van der Waals surface area contributed by atoms with Crippen molar-refractivity contribution in [3.05, 3.63) is 41.1 Å². The summed E-state index contributed by atoms with van der Waals surface area (Å²) in [6.07, 6.45) is 1.92. The third-order valence-corrected chi connectivity index (χ3v) is 2.84. The molecule has 0 bridgehead atoms. The number of pyridine rings is 1. The molecule has 0 aliphatic carbocycles. The molecule has 0 atom stereocenters. The van der Waals surface area contributed by atoms with Gasteiger partial charge < -0.3 is 0 Å². The molecule has 0 spiro atoms. The van der Waals surface area contributed by atoms with Crippen molar-refractivity contribution >= 4 is 10.9 Å². The van der Waals surface area contributed by atoms with Crippen molar-refractivity contribution in [2.24, 2.45) is 0 Å². The fourth-order valence-corrected chi connectivity index (χ4v) is 2.14. The van der Waals surface area contributed by atoms with Gasteiger partial charge in [0.05, 0.1) is 5.52 Å². The molecule has 2 rings (SSSR count). The molecule has 0 saturated carbocycles. The molecule has 0 amide bonds. The number of aryl methyl sites for hydroxylation is 2. The number of hydrogen-bond donors (Lipinski definition) is 0. The second-order valence-electron chi connectivity index (χ2n) is 4.53. The Balaban J connectivity index is 2.85. The molecule has 1 nitrogen and oxygen atoms in total. The van der Waals surface area contributed by atoms with E-state index >= 15 is 0 Å². The number of rotatable bonds is 1. The number of nitrogens with zero attached hydrogens (tertiary/aromatic N) is 1. The smallest absolute Gasteiger partial charge is 0.0734 e. The van der Waals surface area contributed by atoms with E-state index in [1.807, 2.05) is 6.20 Å². The molecule has 1 heterocycles. The van der Waals surface area contributed by atoms with Crippen LogP contribution >= 0.6 is 0 Å². The van der Waals surface area contributed by atoms with E-state index in [1.165, 1.54) is 22.1 Å². The maximum Gasteiger partial charge on any atom is 0.0734 e. The third-order valence-electron chi connectivity index (χ3n) is 2.84. The highest BCUT2D eigenvalue weighted by Crippen LogP contribution is 2.26. The number of fused-ring (bicyclic) bond motifs is 1. The highest BCUT2D eigenvalue weighted by atomic mass is 14.7. The molecule has 0 N–H and O–H groups in total. The van der Waals surface area contributed by atoms with E-state index in [-0.39, 0.29) is 0 Å². The predicted octanol–water partition coefficient (Wildman–Crippen LogP) is 3.98. The van der Waals surface area contributed by atoms with Crippen LogP contribution in [0.2, 0.25) is 0 Å². The van der Waals surface area contributed by atoms with Gasteiger partial charge in [-0.15, -0.1) is 0 Å². The Labute approximate surface area is 91.2 Å². The molecule has 0 unspecified atom stereocenters. The minimum Gasteiger partial charge on any atom is -0.256 e. The molecule has 0 aliphatic rings. The summed E-state index contributed by atoms with van der Waals surface area (Å²) in [5, 5.41) is 1.31. The zero-order chi connectivity index (χ0) is 11.0. The lowest BCUT2D eigenvalue weighted by Crippen LogP contribution is -1.93. The van der Waals surface area contributed by atoms with E-state index in [4.69, 9.17) is 0 Å². The Kier molecular flexibility index (Phi) is 2.47. The van der Waals surface area contributed by atoms with Crippen LogP contribution < -0.4 is 0 Å². The zero-order valence-electron chi connectivity index (χ0n) is 9.83. The van der Waals surface area contributed by atoms with Gasteiger partial charge in [0.1, 0.15) is 0 Å². The Hall–Kier alpha value is -1.37. The van der Waals surface area contributed by atoms with Gasteiger partial charge in [-0.2, -0.15) is 0 Å². The van der Waals surface area contributed by atoms with Crippen LogP contribution in [0.5, 0.6) is 0 Å². The van der Waals surface area contributed by atoms with E-state index in [1.54, 1.807) is 0 Å². The van der Waals surface area contributed by atoms with Crippen molar-refractivity contribution in [2.45, 2.75) is 33.6 Å². The number of aromatic nitrogens is 1. The average molecular weight is 199 g/mol. The molecule has 0 aliphatic heterocycles. The van der Waals surface area contributed by atoms with Gasteiger partial charge in [0, 0.05) is 11.6 Å². The van der Waals surface area contributed by atoms with Gasteiger partial charge in [0.15, 0.2) is 0 Å². The summed E-state index contributed by atoms with van der Waals surface area (Å²) in [4.78, 5) is 4.46. The highest BCUT2D eigenvalue weighted by molar-refractivity contribution is 5.85. The van der Waals surface area contributed by atoms with Crippen molar-refractivity contribution in [3.63, 3.8) is 0 Å². The van der Waals surface area contributed by atoms with E-state index in [0.717, 1.165) is 5.52 Å². The van der Waals surface area contributed by atoms with Crippen LogP contribution in [-0.2, 0) is 0 Å². The van der Waals surface area contributed by atoms with Crippen LogP contribution in [0.1, 0.15) is 36.5 Å². The normalized spacial score (nSPS) is 11.3. The maximum absolute atomic E-state index is 4.46. The van der Waals surface area contributed by atoms with Crippen molar-refractivity contribution in [1.29, 1.82) is 0 Å². The lowest BCUT2D eigenvalue weighted by Gasteiger charge is -2.11. The molecule has 1 heteroatoms. The summed E-state index contributed by atoms with van der Waals surface area (Å²) in [6.45, 7) is 8.73. The maximum atomic E-state index is 4.46. The molecule has 1 aromatic carbocycles. The first-order valence-corrected chi connectivity index (χ1v) is 5.45. The summed E-state index contributed by atoms with van der Waals surface area (Å²) >= 11 is 0. The second kappa shape index (κ2) is 3.65. The van der Waals surface area contributed by atoms with Gasteiger partial charge >= 0.3 is 0 Å². The van der Waals surface area contributed by atoms with Crippen LogP contribution in [0.15, 0.2) is 24.4 Å². The molecule has 2 aromatic rings. The topological polar surface area (TPSA) is 12.9 Å². The molecular formula is C14H17N. The summed E-state index contributed by atoms with van der Waals surface area (Å²) in [6, 6.07) is 6.57. The molecule has 1 aromatic heterocycles. The minimum absolute atomic E-state index is 0.552. The van der Waals surface area contributed by atoms with Gasteiger partial charge in [-0.1, -0.05) is 25.5 Å². The summed E-state index contributed by atoms with van der Waals surface area (Å²) in [5.74, 6) is 0.552. The monoisotopic (exact) mass is 199 g/mol. The van der Waals surface area contributed by atoms with Crippen LogP contribution in [0, 0.1) is 13.8 Å². The average Bonchev–Trinajstić information content (AvgIpc) is 2.16. The van der Waals surface area contributed by atoms with Crippen LogP contribution in [-0.4, -0.2) is 4.98 Å². The molecular weight excluding hydrogens is 182 g/mol. The van der Waals surface area contributed by atoms with Crippen LogP contribution in [0.4, 0.5) is 0 Å². The molecule has 78 valence electrons. The first kappa shape index (κ1) is 10.2. The Morgan fingerprint density at radius 3 is 2.53 bits per heavy atom. The van der Waals surface area contributed by atoms with Crippen molar-refractivity contribution in [3.8, 4) is 0 Å². The Morgan fingerprint density at radius 1 is 1.13 bits per heavy atom. The fraction of sp³-hybridized carbons (Fsp3) is 0.357. The molecule has 0 radical (unpaired) electrons. The van der Waals surface area contributed by atoms with Crippen LogP contribution in [0.25, 0.3) is 10.9 Å². The first-order valence-electron chi connectivity index (χ1n) is 5.45. The van der Waals surface area contributed by atoms with Crippen molar-refractivity contribution in [1.82, 2.24) is 4.98 Å². The molecule has 0 saturated heterocycles. The number of hydrogen-bond acceptors (Lipinski definition) is 1. The van der Waals surface area contributed by atoms with Gasteiger partial charge in [0.2, 0.25) is 0 Å².